The smallest absolute Gasteiger partial charge is 0.267 e. The minimum atomic E-state index is -0.516. The highest BCUT2D eigenvalue weighted by Crippen LogP contribution is 2.34. The van der Waals surface area contributed by atoms with Gasteiger partial charge >= 0.3 is 0 Å². The van der Waals surface area contributed by atoms with E-state index in [1.165, 1.54) is 6.07 Å². The summed E-state index contributed by atoms with van der Waals surface area (Å²) in [6, 6.07) is 4.47. The molecule has 0 radical (unpaired) electrons. The topological polar surface area (TPSA) is 82.0 Å². The van der Waals surface area contributed by atoms with Gasteiger partial charge < -0.3 is 5.32 Å². The van der Waals surface area contributed by atoms with Crippen LogP contribution in [-0.4, -0.2) is 24.6 Å². The molecular weight excluding hydrogens is 320 g/mol. The molecule has 2 aliphatic heterocycles. The maximum atomic E-state index is 14.6. The lowest BCUT2D eigenvalue weighted by molar-refractivity contribution is -0.133. The molecule has 25 heavy (non-hydrogen) atoms. The van der Waals surface area contributed by atoms with Gasteiger partial charge in [0.25, 0.3) is 6.71 Å². The van der Waals surface area contributed by atoms with Gasteiger partial charge in [0.05, 0.1) is 0 Å². The summed E-state index contributed by atoms with van der Waals surface area (Å²) in [6.07, 6.45) is 5.07. The van der Waals surface area contributed by atoms with E-state index in [2.05, 4.69) is 16.6 Å². The van der Waals surface area contributed by atoms with Crippen LogP contribution in [-0.2, 0) is 9.59 Å². The van der Waals surface area contributed by atoms with Crippen molar-refractivity contribution in [3.05, 3.63) is 29.6 Å². The predicted molar refractivity (Wildman–Crippen MR) is 93.8 cm³/mol. The Labute approximate surface area is 147 Å². The van der Waals surface area contributed by atoms with Crippen molar-refractivity contribution in [3.8, 4) is 5.97 Å². The van der Waals surface area contributed by atoms with E-state index in [0.29, 0.717) is 17.7 Å². The summed E-state index contributed by atoms with van der Waals surface area (Å²) in [7, 11) is 0. The first-order chi connectivity index (χ1) is 12.1. The molecule has 0 spiro atoms. The van der Waals surface area contributed by atoms with Crippen molar-refractivity contribution >= 4 is 24.2 Å². The second-order valence-electron chi connectivity index (χ2n) is 6.92. The lowest BCUT2D eigenvalue weighted by Gasteiger charge is -2.23. The highest BCUT2D eigenvalue weighted by molar-refractivity contribution is 6.66. The Morgan fingerprint density at radius 2 is 2.08 bits per heavy atom. The first kappa shape index (κ1) is 17.5. The number of rotatable bonds is 3. The van der Waals surface area contributed by atoms with Crippen LogP contribution in [0.4, 0.5) is 10.1 Å². The summed E-state index contributed by atoms with van der Waals surface area (Å²) in [5.74, 6) is 1.55. The van der Waals surface area contributed by atoms with E-state index >= 15 is 0 Å². The van der Waals surface area contributed by atoms with E-state index in [4.69, 9.17) is 5.26 Å². The van der Waals surface area contributed by atoms with Gasteiger partial charge in [0.1, 0.15) is 11.9 Å². The molecule has 2 atom stereocenters. The molecule has 0 aliphatic carbocycles. The van der Waals surface area contributed by atoms with E-state index in [9.17, 15) is 14.0 Å². The van der Waals surface area contributed by atoms with Gasteiger partial charge in [-0.2, -0.15) is 0 Å². The van der Waals surface area contributed by atoms with Crippen molar-refractivity contribution in [2.24, 2.45) is 0 Å². The maximum absolute atomic E-state index is 14.6. The third kappa shape index (κ3) is 4.19. The highest BCUT2D eigenvalue weighted by atomic mass is 19.1. The molecule has 0 bridgehead atoms. The summed E-state index contributed by atoms with van der Waals surface area (Å²) in [4.78, 5) is 23.0. The summed E-state index contributed by atoms with van der Waals surface area (Å²) in [5.41, 5.74) is 1.23. The van der Waals surface area contributed by atoms with Crippen molar-refractivity contribution in [2.45, 2.75) is 56.7 Å². The minimum Gasteiger partial charge on any atom is -0.374 e. The zero-order chi connectivity index (χ0) is 17.8. The third-order valence-electron chi connectivity index (χ3n) is 5.17. The molecule has 2 N–H and O–H groups in total. The fraction of sp³-hybridized carbons (Fsp3) is 0.500. The second kappa shape index (κ2) is 7.69. The lowest BCUT2D eigenvalue weighted by atomic mass is 9.46. The number of halogens is 1. The average molecular weight is 341 g/mol. The monoisotopic (exact) mass is 341 g/mol. The number of nitrogens with one attached hydrogen (secondary N) is 2. The van der Waals surface area contributed by atoms with Crippen LogP contribution in [0, 0.1) is 17.0 Å². The molecule has 2 fully saturated rings. The molecule has 2 heterocycles. The van der Waals surface area contributed by atoms with Gasteiger partial charge in [-0.15, -0.1) is 0 Å². The Morgan fingerprint density at radius 3 is 2.80 bits per heavy atom. The summed E-state index contributed by atoms with van der Waals surface area (Å²) in [5, 5.41) is 14.4. The highest BCUT2D eigenvalue weighted by Gasteiger charge is 2.27. The Hall–Kier alpha value is -2.36. The van der Waals surface area contributed by atoms with Crippen molar-refractivity contribution in [3.63, 3.8) is 0 Å². The summed E-state index contributed by atoms with van der Waals surface area (Å²) in [6.45, 7) is 0.0847. The third-order valence-corrected chi connectivity index (χ3v) is 5.17. The molecule has 130 valence electrons. The van der Waals surface area contributed by atoms with Crippen molar-refractivity contribution < 1.29 is 14.0 Å². The van der Waals surface area contributed by atoms with Crippen LogP contribution in [0.5, 0.6) is 0 Å². The number of benzene rings is 1. The van der Waals surface area contributed by atoms with Gasteiger partial charge in [0.15, 0.2) is 0 Å². The summed E-state index contributed by atoms with van der Waals surface area (Å²) < 4.78 is 14.6. The van der Waals surface area contributed by atoms with Gasteiger partial charge in [-0.3, -0.25) is 14.9 Å². The maximum Gasteiger partial charge on any atom is 0.267 e. The van der Waals surface area contributed by atoms with Gasteiger partial charge in [0.2, 0.25) is 11.8 Å². The fourth-order valence-electron chi connectivity index (χ4n) is 3.72. The Balaban J connectivity index is 1.67. The van der Waals surface area contributed by atoms with Crippen LogP contribution in [0.25, 0.3) is 0 Å². The number of anilines is 1. The predicted octanol–water partition coefficient (Wildman–Crippen LogP) is 2.87. The Morgan fingerprint density at radius 1 is 1.24 bits per heavy atom. The Bertz CT molecular complexity index is 719. The number of carbonyl (C=O) groups excluding carboxylic acids is 2. The molecule has 1 aromatic carbocycles. The number of amides is 2. The van der Waals surface area contributed by atoms with E-state index in [-0.39, 0.29) is 36.7 Å². The molecule has 5 nitrogen and oxygen atoms in total. The molecule has 2 saturated heterocycles. The zero-order valence-corrected chi connectivity index (χ0v) is 14.1. The normalized spacial score (nSPS) is 24.2. The zero-order valence-electron chi connectivity index (χ0n) is 14.1. The molecule has 7 heteroatoms. The molecule has 2 unspecified atom stereocenters. The fourth-order valence-corrected chi connectivity index (χ4v) is 3.72. The van der Waals surface area contributed by atoms with Crippen LogP contribution in [0.15, 0.2) is 18.2 Å². The lowest BCUT2D eigenvalue weighted by Crippen LogP contribution is -2.47. The number of carbonyl (C=O) groups is 2. The van der Waals surface area contributed by atoms with Crippen molar-refractivity contribution in [1.82, 2.24) is 5.32 Å². The van der Waals surface area contributed by atoms with E-state index < -0.39 is 6.04 Å². The van der Waals surface area contributed by atoms with Crippen LogP contribution in [0.3, 0.4) is 0 Å². The first-order valence-corrected chi connectivity index (χ1v) is 8.86. The molecule has 0 aromatic heterocycles. The van der Waals surface area contributed by atoms with E-state index in [1.54, 1.807) is 12.1 Å². The standard InChI is InChI=1S/C18H21BFN3O2/c20-15-10-13(22-16-5-6-17(24)23-18(16)25)3-4-14(15)12-2-1-8-19(11-21)9-7-12/h3-4,10,12,16,22H,1-2,5-9H2,(H,23,24,25). The number of nitrogens with zero attached hydrogens (tertiary/aromatic N) is 1. The molecular formula is C18H21BFN3O2. The first-order valence-electron chi connectivity index (χ1n) is 8.86. The van der Waals surface area contributed by atoms with E-state index in [0.717, 1.165) is 31.9 Å². The Kier molecular flexibility index (Phi) is 5.37. The number of hydrogen-bond donors (Lipinski definition) is 2. The van der Waals surface area contributed by atoms with Crippen LogP contribution < -0.4 is 10.6 Å². The van der Waals surface area contributed by atoms with E-state index in [1.807, 2.05) is 0 Å². The van der Waals surface area contributed by atoms with Gasteiger partial charge in [-0.25, -0.2) is 9.65 Å². The average Bonchev–Trinajstić information content (AvgIpc) is 2.83. The number of nitriles is 1. The SMILES string of the molecule is N#CB1CCCC(c2ccc(NC3CCC(=O)NC3=O)cc2F)CC1. The molecule has 2 amide bonds. The summed E-state index contributed by atoms with van der Waals surface area (Å²) >= 11 is 0. The molecule has 2 aliphatic rings. The largest absolute Gasteiger partial charge is 0.374 e. The van der Waals surface area contributed by atoms with Gasteiger partial charge in [-0.05, 0) is 36.5 Å². The molecule has 0 saturated carbocycles. The number of piperidine rings is 1. The van der Waals surface area contributed by atoms with Crippen molar-refractivity contribution in [1.29, 1.82) is 5.26 Å². The van der Waals surface area contributed by atoms with Gasteiger partial charge in [-0.1, -0.05) is 31.5 Å². The second-order valence-corrected chi connectivity index (χ2v) is 6.92. The molecule has 1 aromatic rings. The van der Waals surface area contributed by atoms with Crippen LogP contribution in [0.2, 0.25) is 12.6 Å². The quantitative estimate of drug-likeness (QED) is 0.654. The number of hydrogen-bond acceptors (Lipinski definition) is 4. The minimum absolute atomic E-state index is 0.0847. The van der Waals surface area contributed by atoms with Crippen LogP contribution in [0.1, 0.15) is 43.6 Å². The van der Waals surface area contributed by atoms with Crippen LogP contribution >= 0.6 is 0 Å². The van der Waals surface area contributed by atoms with Crippen molar-refractivity contribution in [2.75, 3.05) is 5.32 Å². The number of imide groups is 1. The van der Waals surface area contributed by atoms with Gasteiger partial charge in [0, 0.05) is 18.1 Å². The molecule has 3 rings (SSSR count).